The number of likely N-dealkylation sites (tertiary alicyclic amines) is 1. The van der Waals surface area contributed by atoms with Crippen LogP contribution in [-0.2, 0) is 4.79 Å². The van der Waals surface area contributed by atoms with E-state index in [0.29, 0.717) is 31.8 Å². The summed E-state index contributed by atoms with van der Waals surface area (Å²) < 4.78 is 26.7. The van der Waals surface area contributed by atoms with Gasteiger partial charge in [0.25, 0.3) is 0 Å². The van der Waals surface area contributed by atoms with Crippen molar-refractivity contribution in [3.8, 4) is 0 Å². The van der Waals surface area contributed by atoms with Crippen LogP contribution in [0.5, 0.6) is 0 Å². The molecule has 1 heterocycles. The fourth-order valence-corrected chi connectivity index (χ4v) is 3.47. The summed E-state index contributed by atoms with van der Waals surface area (Å²) in [4.78, 5) is 14.0. The van der Waals surface area contributed by atoms with Gasteiger partial charge in [-0.1, -0.05) is 0 Å². The maximum atomic E-state index is 13.4. The average molecular weight is 294 g/mol. The molecule has 110 valence electrons. The van der Waals surface area contributed by atoms with E-state index < -0.39 is 11.8 Å². The van der Waals surface area contributed by atoms with E-state index in [-0.39, 0.29) is 24.1 Å². The summed E-state index contributed by atoms with van der Waals surface area (Å²) in [5, 5.41) is 0.122. The average Bonchev–Trinajstić information content (AvgIpc) is 2.37. The third-order valence-electron chi connectivity index (χ3n) is 4.49. The summed E-state index contributed by atoms with van der Waals surface area (Å²) in [6, 6.07) is 0. The molecule has 0 bridgehead atoms. The number of amides is 1. The number of carbonyl (C=O) groups excluding carboxylic acids is 1. The smallest absolute Gasteiger partial charge is 0.248 e. The van der Waals surface area contributed by atoms with E-state index in [9.17, 15) is 13.6 Å². The number of halogens is 3. The van der Waals surface area contributed by atoms with E-state index >= 15 is 0 Å². The van der Waals surface area contributed by atoms with Crippen molar-refractivity contribution in [2.45, 2.75) is 56.7 Å². The topological polar surface area (TPSA) is 20.3 Å². The fraction of sp³-hybridized carbons (Fsp3) is 0.929. The van der Waals surface area contributed by atoms with Gasteiger partial charge in [-0.2, -0.15) is 0 Å². The van der Waals surface area contributed by atoms with Crippen LogP contribution in [0.25, 0.3) is 0 Å². The second-order valence-electron chi connectivity index (χ2n) is 5.99. The molecule has 1 aliphatic heterocycles. The summed E-state index contributed by atoms with van der Waals surface area (Å²) in [5.41, 5.74) is 0. The Morgan fingerprint density at radius 2 is 1.95 bits per heavy atom. The molecule has 0 spiro atoms. The summed E-state index contributed by atoms with van der Waals surface area (Å²) in [7, 11) is 0. The molecule has 1 saturated heterocycles. The minimum Gasteiger partial charge on any atom is -0.342 e. The van der Waals surface area contributed by atoms with Crippen LogP contribution >= 0.6 is 11.6 Å². The maximum Gasteiger partial charge on any atom is 0.248 e. The largest absolute Gasteiger partial charge is 0.342 e. The molecule has 2 unspecified atom stereocenters. The summed E-state index contributed by atoms with van der Waals surface area (Å²) >= 11 is 6.07. The van der Waals surface area contributed by atoms with E-state index in [2.05, 4.69) is 0 Å². The number of carbonyl (C=O) groups is 1. The third kappa shape index (κ3) is 3.80. The third-order valence-corrected chi connectivity index (χ3v) is 4.85. The van der Waals surface area contributed by atoms with Gasteiger partial charge in [0.2, 0.25) is 11.8 Å². The number of alkyl halides is 3. The summed E-state index contributed by atoms with van der Waals surface area (Å²) in [6.07, 6.45) is 2.51. The maximum absolute atomic E-state index is 13.4. The Hall–Kier alpha value is -0.380. The Kier molecular flexibility index (Phi) is 4.70. The van der Waals surface area contributed by atoms with Crippen molar-refractivity contribution in [1.82, 2.24) is 4.90 Å². The first-order chi connectivity index (χ1) is 8.89. The summed E-state index contributed by atoms with van der Waals surface area (Å²) in [5.74, 6) is -2.76. The predicted molar refractivity (Wildman–Crippen MR) is 71.5 cm³/mol. The molecule has 2 fully saturated rings. The van der Waals surface area contributed by atoms with E-state index in [4.69, 9.17) is 11.6 Å². The molecule has 0 N–H and O–H groups in total. The number of hydrogen-bond acceptors (Lipinski definition) is 1. The molecule has 0 aromatic rings. The minimum atomic E-state index is -2.65. The van der Waals surface area contributed by atoms with Crippen molar-refractivity contribution in [3.05, 3.63) is 0 Å². The van der Waals surface area contributed by atoms with Crippen molar-refractivity contribution in [3.63, 3.8) is 0 Å². The molecular formula is C14H22ClF2NO. The van der Waals surface area contributed by atoms with Crippen molar-refractivity contribution in [1.29, 1.82) is 0 Å². The van der Waals surface area contributed by atoms with Crippen molar-refractivity contribution in [2.24, 2.45) is 11.8 Å². The Labute approximate surface area is 118 Å². The Bertz CT molecular complexity index is 327. The minimum absolute atomic E-state index is 0.0668. The Morgan fingerprint density at radius 1 is 1.32 bits per heavy atom. The van der Waals surface area contributed by atoms with Crippen LogP contribution in [-0.4, -0.2) is 35.2 Å². The molecule has 1 saturated carbocycles. The van der Waals surface area contributed by atoms with Crippen LogP contribution in [0.3, 0.4) is 0 Å². The molecule has 1 aliphatic carbocycles. The van der Waals surface area contributed by atoms with Crippen LogP contribution < -0.4 is 0 Å². The molecule has 2 nitrogen and oxygen atoms in total. The monoisotopic (exact) mass is 293 g/mol. The number of nitrogens with zero attached hydrogens (tertiary/aromatic N) is 1. The van der Waals surface area contributed by atoms with Gasteiger partial charge in [-0.05, 0) is 38.5 Å². The number of piperidine rings is 1. The molecule has 0 aromatic heterocycles. The van der Waals surface area contributed by atoms with Gasteiger partial charge in [0, 0.05) is 37.2 Å². The molecule has 2 atom stereocenters. The second kappa shape index (κ2) is 5.94. The Morgan fingerprint density at radius 3 is 2.47 bits per heavy atom. The van der Waals surface area contributed by atoms with Crippen LogP contribution in [0.4, 0.5) is 8.78 Å². The predicted octanol–water partition coefficient (Wildman–Crippen LogP) is 3.68. The first-order valence-corrected chi connectivity index (χ1v) is 7.63. The highest BCUT2D eigenvalue weighted by Gasteiger charge is 2.41. The zero-order valence-corrected chi connectivity index (χ0v) is 12.1. The quantitative estimate of drug-likeness (QED) is 0.711. The van der Waals surface area contributed by atoms with E-state index in [1.807, 2.05) is 6.92 Å². The van der Waals surface area contributed by atoms with Gasteiger partial charge in [-0.15, -0.1) is 11.6 Å². The lowest BCUT2D eigenvalue weighted by Gasteiger charge is -2.37. The van der Waals surface area contributed by atoms with Crippen molar-refractivity contribution < 1.29 is 13.6 Å². The standard InChI is InChI=1S/C14H22ClF2NO/c1-10(15)11-4-7-18(8-5-11)13(19)12-3-2-6-14(16,17)9-12/h10-12H,2-9H2,1H3. The number of rotatable bonds is 2. The molecule has 2 rings (SSSR count). The molecule has 19 heavy (non-hydrogen) atoms. The first kappa shape index (κ1) is 15.0. The Balaban J connectivity index is 1.87. The highest BCUT2D eigenvalue weighted by atomic mass is 35.5. The van der Waals surface area contributed by atoms with Gasteiger partial charge in [0.15, 0.2) is 0 Å². The van der Waals surface area contributed by atoms with Crippen LogP contribution in [0.15, 0.2) is 0 Å². The molecule has 2 aliphatic rings. The van der Waals surface area contributed by atoms with Gasteiger partial charge in [-0.3, -0.25) is 4.79 Å². The second-order valence-corrected chi connectivity index (χ2v) is 6.68. The highest BCUT2D eigenvalue weighted by Crippen LogP contribution is 2.38. The lowest BCUT2D eigenvalue weighted by atomic mass is 9.84. The van der Waals surface area contributed by atoms with Crippen molar-refractivity contribution >= 4 is 17.5 Å². The van der Waals surface area contributed by atoms with Gasteiger partial charge < -0.3 is 4.90 Å². The van der Waals surface area contributed by atoms with Crippen LogP contribution in [0.1, 0.15) is 45.4 Å². The first-order valence-electron chi connectivity index (χ1n) is 7.20. The lowest BCUT2D eigenvalue weighted by molar-refractivity contribution is -0.144. The molecule has 0 radical (unpaired) electrons. The van der Waals surface area contributed by atoms with Gasteiger partial charge in [0.1, 0.15) is 0 Å². The van der Waals surface area contributed by atoms with Gasteiger partial charge in [-0.25, -0.2) is 8.78 Å². The van der Waals surface area contributed by atoms with E-state index in [1.165, 1.54) is 0 Å². The summed E-state index contributed by atoms with van der Waals surface area (Å²) in [6.45, 7) is 3.32. The van der Waals surface area contributed by atoms with Gasteiger partial charge in [0.05, 0.1) is 0 Å². The van der Waals surface area contributed by atoms with Crippen LogP contribution in [0.2, 0.25) is 0 Å². The molecule has 0 aromatic carbocycles. The molecule has 1 amide bonds. The normalized spacial score (nSPS) is 30.1. The molecular weight excluding hydrogens is 272 g/mol. The zero-order chi connectivity index (χ0) is 14.0. The lowest BCUT2D eigenvalue weighted by Crippen LogP contribution is -2.45. The highest BCUT2D eigenvalue weighted by molar-refractivity contribution is 6.20. The van der Waals surface area contributed by atoms with E-state index in [0.717, 1.165) is 12.8 Å². The SMILES string of the molecule is CC(Cl)C1CCN(C(=O)C2CCCC(F)(F)C2)CC1. The van der Waals surface area contributed by atoms with Gasteiger partial charge >= 0.3 is 0 Å². The zero-order valence-electron chi connectivity index (χ0n) is 11.4. The van der Waals surface area contributed by atoms with E-state index in [1.54, 1.807) is 4.90 Å². The number of hydrogen-bond donors (Lipinski definition) is 0. The fourth-order valence-electron chi connectivity index (χ4n) is 3.22. The molecule has 5 heteroatoms. The van der Waals surface area contributed by atoms with Crippen LogP contribution in [0, 0.1) is 11.8 Å². The van der Waals surface area contributed by atoms with Crippen molar-refractivity contribution in [2.75, 3.05) is 13.1 Å².